The molecule has 0 fully saturated rings. The van der Waals surface area contributed by atoms with E-state index in [2.05, 4.69) is 10.3 Å². The molecule has 0 saturated carbocycles. The molecule has 1 aromatic carbocycles. The molecule has 25 heavy (non-hydrogen) atoms. The van der Waals surface area contributed by atoms with Gasteiger partial charge in [0.15, 0.2) is 11.5 Å². The lowest BCUT2D eigenvalue weighted by Crippen LogP contribution is -2.30. The Kier molecular flexibility index (Phi) is 6.09. The van der Waals surface area contributed by atoms with Gasteiger partial charge in [-0.05, 0) is 26.0 Å². The molecule has 2 aromatic rings. The maximum atomic E-state index is 12.2. The molecule has 1 heterocycles. The van der Waals surface area contributed by atoms with Crippen molar-refractivity contribution in [1.29, 1.82) is 0 Å². The van der Waals surface area contributed by atoms with Gasteiger partial charge in [0.2, 0.25) is 5.75 Å². The average Bonchev–Trinajstić information content (AvgIpc) is 2.60. The van der Waals surface area contributed by atoms with Crippen LogP contribution in [0.3, 0.4) is 0 Å². The number of methoxy groups -OCH3 is 3. The Bertz CT molecular complexity index is 778. The number of aromatic nitrogens is 1. The van der Waals surface area contributed by atoms with Gasteiger partial charge in [0.1, 0.15) is 0 Å². The number of nitrogens with one attached hydrogen (secondary N) is 1. The van der Waals surface area contributed by atoms with Gasteiger partial charge in [-0.1, -0.05) is 11.6 Å². The lowest BCUT2D eigenvalue weighted by molar-refractivity contribution is 0.0943. The first-order valence-corrected chi connectivity index (χ1v) is 8.05. The molecule has 1 N–H and O–H groups in total. The summed E-state index contributed by atoms with van der Waals surface area (Å²) in [6.07, 6.45) is 3.13. The van der Waals surface area contributed by atoms with E-state index in [1.54, 1.807) is 18.3 Å². The fraction of sp³-hybridized carbons (Fsp3) is 0.333. The number of pyridine rings is 1. The average molecular weight is 365 g/mol. The zero-order valence-corrected chi connectivity index (χ0v) is 15.6. The van der Waals surface area contributed by atoms with Crippen molar-refractivity contribution in [2.24, 2.45) is 0 Å². The molecule has 0 radical (unpaired) electrons. The fourth-order valence-corrected chi connectivity index (χ4v) is 2.71. The van der Waals surface area contributed by atoms with Gasteiger partial charge in [-0.2, -0.15) is 0 Å². The number of hydrogen-bond acceptors (Lipinski definition) is 5. The SMILES string of the molecule is COc1cc(-c2cncc(C(=O)NC(C)C)c2)c(Cl)c(OC)c1OC. The maximum Gasteiger partial charge on any atom is 0.253 e. The highest BCUT2D eigenvalue weighted by molar-refractivity contribution is 6.35. The van der Waals surface area contributed by atoms with Crippen LogP contribution in [0.5, 0.6) is 17.2 Å². The van der Waals surface area contributed by atoms with Crippen molar-refractivity contribution >= 4 is 17.5 Å². The fourth-order valence-electron chi connectivity index (χ4n) is 2.39. The van der Waals surface area contributed by atoms with E-state index < -0.39 is 0 Å². The minimum atomic E-state index is -0.201. The summed E-state index contributed by atoms with van der Waals surface area (Å²) in [4.78, 5) is 16.4. The van der Waals surface area contributed by atoms with Crippen LogP contribution in [-0.2, 0) is 0 Å². The molecule has 2 rings (SSSR count). The van der Waals surface area contributed by atoms with E-state index in [9.17, 15) is 4.79 Å². The van der Waals surface area contributed by atoms with Crippen molar-refractivity contribution in [3.63, 3.8) is 0 Å². The van der Waals surface area contributed by atoms with Crippen LogP contribution in [0.1, 0.15) is 24.2 Å². The second-order valence-electron chi connectivity index (χ2n) is 5.60. The van der Waals surface area contributed by atoms with Gasteiger partial charge in [0.05, 0.1) is 31.9 Å². The number of halogens is 1. The Morgan fingerprint density at radius 2 is 1.76 bits per heavy atom. The van der Waals surface area contributed by atoms with Crippen LogP contribution < -0.4 is 19.5 Å². The van der Waals surface area contributed by atoms with Crippen molar-refractivity contribution in [2.75, 3.05) is 21.3 Å². The minimum absolute atomic E-state index is 0.0286. The summed E-state index contributed by atoms with van der Waals surface area (Å²) < 4.78 is 16.0. The summed E-state index contributed by atoms with van der Waals surface area (Å²) in [5.74, 6) is 1.03. The van der Waals surface area contributed by atoms with Crippen LogP contribution >= 0.6 is 11.6 Å². The first-order chi connectivity index (χ1) is 11.9. The summed E-state index contributed by atoms with van der Waals surface area (Å²) in [7, 11) is 4.53. The molecule has 1 amide bonds. The van der Waals surface area contributed by atoms with Crippen LogP contribution in [0.2, 0.25) is 5.02 Å². The number of amides is 1. The molecule has 0 aliphatic heterocycles. The molecule has 0 bridgehead atoms. The van der Waals surface area contributed by atoms with E-state index in [-0.39, 0.29) is 11.9 Å². The van der Waals surface area contributed by atoms with Crippen molar-refractivity contribution in [3.8, 4) is 28.4 Å². The quantitative estimate of drug-likeness (QED) is 0.848. The molecule has 0 unspecified atom stereocenters. The van der Waals surface area contributed by atoms with Crippen LogP contribution in [-0.4, -0.2) is 38.3 Å². The summed E-state index contributed by atoms with van der Waals surface area (Å²) >= 11 is 6.48. The van der Waals surface area contributed by atoms with Gasteiger partial charge in [-0.15, -0.1) is 0 Å². The summed E-state index contributed by atoms with van der Waals surface area (Å²) in [6.45, 7) is 3.79. The minimum Gasteiger partial charge on any atom is -0.493 e. The third-order valence-corrected chi connectivity index (χ3v) is 3.88. The largest absolute Gasteiger partial charge is 0.493 e. The number of ether oxygens (including phenoxy) is 3. The molecule has 7 heteroatoms. The number of nitrogens with zero attached hydrogens (tertiary/aromatic N) is 1. The second-order valence-corrected chi connectivity index (χ2v) is 5.98. The van der Waals surface area contributed by atoms with Crippen LogP contribution in [0.4, 0.5) is 0 Å². The molecule has 6 nitrogen and oxygen atoms in total. The van der Waals surface area contributed by atoms with Gasteiger partial charge in [-0.25, -0.2) is 0 Å². The molecule has 0 aliphatic rings. The third kappa shape index (κ3) is 3.96. The topological polar surface area (TPSA) is 69.7 Å². The van der Waals surface area contributed by atoms with Gasteiger partial charge in [-0.3, -0.25) is 9.78 Å². The van der Waals surface area contributed by atoms with Crippen molar-refractivity contribution in [1.82, 2.24) is 10.3 Å². The highest BCUT2D eigenvalue weighted by atomic mass is 35.5. The molecular formula is C18H21ClN2O4. The Balaban J connectivity index is 2.57. The second kappa shape index (κ2) is 8.07. The molecule has 0 saturated heterocycles. The predicted molar refractivity (Wildman–Crippen MR) is 96.9 cm³/mol. The first kappa shape index (κ1) is 18.9. The number of carbonyl (C=O) groups is 1. The molecule has 0 spiro atoms. The van der Waals surface area contributed by atoms with E-state index >= 15 is 0 Å². The number of rotatable bonds is 6. The number of carbonyl (C=O) groups excluding carboxylic acids is 1. The van der Waals surface area contributed by atoms with Gasteiger partial charge in [0.25, 0.3) is 5.91 Å². The molecular weight excluding hydrogens is 344 g/mol. The lowest BCUT2D eigenvalue weighted by atomic mass is 10.0. The molecule has 0 aliphatic carbocycles. The normalized spacial score (nSPS) is 10.5. The predicted octanol–water partition coefficient (Wildman–Crippen LogP) is 3.57. The van der Waals surface area contributed by atoms with Crippen LogP contribution in [0.25, 0.3) is 11.1 Å². The lowest BCUT2D eigenvalue weighted by Gasteiger charge is -2.17. The Morgan fingerprint density at radius 1 is 1.08 bits per heavy atom. The van der Waals surface area contributed by atoms with E-state index in [0.29, 0.717) is 39.0 Å². The Hall–Kier alpha value is -2.47. The highest BCUT2D eigenvalue weighted by Crippen LogP contribution is 2.47. The number of benzene rings is 1. The van der Waals surface area contributed by atoms with Gasteiger partial charge < -0.3 is 19.5 Å². The molecule has 134 valence electrons. The van der Waals surface area contributed by atoms with Crippen molar-refractivity contribution in [3.05, 3.63) is 35.1 Å². The maximum absolute atomic E-state index is 12.2. The van der Waals surface area contributed by atoms with E-state index in [1.807, 2.05) is 13.8 Å². The molecule has 1 aromatic heterocycles. The summed E-state index contributed by atoms with van der Waals surface area (Å²) in [5, 5.41) is 3.18. The van der Waals surface area contributed by atoms with Crippen molar-refractivity contribution in [2.45, 2.75) is 19.9 Å². The van der Waals surface area contributed by atoms with Gasteiger partial charge in [0, 0.05) is 29.6 Å². The van der Waals surface area contributed by atoms with Crippen LogP contribution in [0.15, 0.2) is 24.5 Å². The van der Waals surface area contributed by atoms with E-state index in [4.69, 9.17) is 25.8 Å². The van der Waals surface area contributed by atoms with Crippen LogP contribution in [0, 0.1) is 0 Å². The van der Waals surface area contributed by atoms with E-state index in [1.165, 1.54) is 27.5 Å². The zero-order valence-electron chi connectivity index (χ0n) is 14.8. The summed E-state index contributed by atoms with van der Waals surface area (Å²) in [5.41, 5.74) is 1.74. The highest BCUT2D eigenvalue weighted by Gasteiger charge is 2.21. The monoisotopic (exact) mass is 364 g/mol. The molecule has 0 atom stereocenters. The third-order valence-electron chi connectivity index (χ3n) is 3.50. The van der Waals surface area contributed by atoms with E-state index in [0.717, 1.165) is 0 Å². The zero-order chi connectivity index (χ0) is 18.6. The Labute approximate surface area is 152 Å². The van der Waals surface area contributed by atoms with Gasteiger partial charge >= 0.3 is 0 Å². The van der Waals surface area contributed by atoms with Crippen molar-refractivity contribution < 1.29 is 19.0 Å². The number of hydrogen-bond donors (Lipinski definition) is 1. The first-order valence-electron chi connectivity index (χ1n) is 7.67. The smallest absolute Gasteiger partial charge is 0.253 e. The standard InChI is InChI=1S/C18H21ClN2O4/c1-10(2)21-18(22)12-6-11(8-20-9-12)13-7-14(23-3)16(24-4)17(25-5)15(13)19/h6-10H,1-5H3,(H,21,22). The Morgan fingerprint density at radius 3 is 2.32 bits per heavy atom. The summed E-state index contributed by atoms with van der Waals surface area (Å²) in [6, 6.07) is 3.48.